The van der Waals surface area contributed by atoms with Crippen LogP contribution < -0.4 is 10.1 Å². The van der Waals surface area contributed by atoms with Gasteiger partial charge in [0.25, 0.3) is 5.91 Å². The number of aryl methyl sites for hydroxylation is 1. The predicted molar refractivity (Wildman–Crippen MR) is 82.6 cm³/mol. The number of rotatable bonds is 3. The van der Waals surface area contributed by atoms with E-state index in [0.29, 0.717) is 0 Å². The van der Waals surface area contributed by atoms with Crippen LogP contribution in [0, 0.1) is 6.92 Å². The lowest BCUT2D eigenvalue weighted by Crippen LogP contribution is -2.55. The van der Waals surface area contributed by atoms with Crippen LogP contribution in [0.5, 0.6) is 5.75 Å². The van der Waals surface area contributed by atoms with E-state index >= 15 is 0 Å². The van der Waals surface area contributed by atoms with Crippen LogP contribution in [0.2, 0.25) is 0 Å². The Hall–Kier alpha value is -1.26. The molecule has 2 rings (SSSR count). The number of benzene rings is 1. The summed E-state index contributed by atoms with van der Waals surface area (Å²) in [4.78, 5) is 14.3. The number of piperazine rings is 1. The van der Waals surface area contributed by atoms with Crippen molar-refractivity contribution in [2.75, 3.05) is 19.6 Å². The number of carbonyl (C=O) groups excluding carboxylic acids is 1. The van der Waals surface area contributed by atoms with Crippen molar-refractivity contribution in [2.45, 2.75) is 32.9 Å². The fraction of sp³-hybridized carbons (Fsp3) is 0.533. The molecular formula is C15H23ClN2O2. The molecule has 1 aliphatic rings. The van der Waals surface area contributed by atoms with Crippen LogP contribution >= 0.6 is 12.4 Å². The Morgan fingerprint density at radius 2 is 2.05 bits per heavy atom. The minimum atomic E-state index is -0.441. The van der Waals surface area contributed by atoms with Gasteiger partial charge in [0.05, 0.1) is 0 Å². The molecule has 0 aliphatic carbocycles. The molecule has 1 amide bonds. The van der Waals surface area contributed by atoms with Crippen LogP contribution in [0.25, 0.3) is 0 Å². The Morgan fingerprint density at radius 1 is 1.40 bits per heavy atom. The zero-order chi connectivity index (χ0) is 13.8. The first-order valence-corrected chi connectivity index (χ1v) is 6.82. The van der Waals surface area contributed by atoms with E-state index in [1.165, 1.54) is 5.56 Å². The maximum absolute atomic E-state index is 12.4. The fourth-order valence-electron chi connectivity index (χ4n) is 2.27. The van der Waals surface area contributed by atoms with Crippen LogP contribution in [0.3, 0.4) is 0 Å². The topological polar surface area (TPSA) is 41.6 Å². The highest BCUT2D eigenvalue weighted by atomic mass is 35.5. The molecule has 0 spiro atoms. The molecule has 1 N–H and O–H groups in total. The van der Waals surface area contributed by atoms with Gasteiger partial charge in [-0.1, -0.05) is 17.7 Å². The molecule has 0 bridgehead atoms. The summed E-state index contributed by atoms with van der Waals surface area (Å²) in [7, 11) is 0. The third-order valence-corrected chi connectivity index (χ3v) is 3.47. The van der Waals surface area contributed by atoms with Crippen molar-refractivity contribution in [3.05, 3.63) is 29.8 Å². The summed E-state index contributed by atoms with van der Waals surface area (Å²) >= 11 is 0. The molecule has 1 aromatic rings. The van der Waals surface area contributed by atoms with Crippen molar-refractivity contribution in [2.24, 2.45) is 0 Å². The van der Waals surface area contributed by atoms with Crippen LogP contribution in [0.1, 0.15) is 19.4 Å². The molecule has 0 aromatic heterocycles. The van der Waals surface area contributed by atoms with Crippen LogP contribution in [-0.2, 0) is 4.79 Å². The number of nitrogens with one attached hydrogen (secondary N) is 1. The minimum absolute atomic E-state index is 0. The molecule has 1 unspecified atom stereocenters. The van der Waals surface area contributed by atoms with Crippen LogP contribution in [-0.4, -0.2) is 42.6 Å². The van der Waals surface area contributed by atoms with Crippen LogP contribution in [0.15, 0.2) is 24.3 Å². The third kappa shape index (κ3) is 4.12. The summed E-state index contributed by atoms with van der Waals surface area (Å²) in [5, 5.41) is 3.28. The molecule has 1 aromatic carbocycles. The second kappa shape index (κ2) is 7.50. The quantitative estimate of drug-likeness (QED) is 0.928. The molecule has 0 radical (unpaired) electrons. The van der Waals surface area contributed by atoms with Gasteiger partial charge in [0.15, 0.2) is 6.10 Å². The highest BCUT2D eigenvalue weighted by Crippen LogP contribution is 2.15. The highest BCUT2D eigenvalue weighted by molar-refractivity contribution is 5.85. The van der Waals surface area contributed by atoms with Gasteiger partial charge in [0, 0.05) is 25.7 Å². The summed E-state index contributed by atoms with van der Waals surface area (Å²) in [6.45, 7) is 8.36. The van der Waals surface area contributed by atoms with Crippen molar-refractivity contribution in [3.8, 4) is 5.75 Å². The van der Waals surface area contributed by atoms with E-state index in [0.717, 1.165) is 25.4 Å². The lowest BCUT2D eigenvalue weighted by molar-refractivity contribution is -0.140. The lowest BCUT2D eigenvalue weighted by Gasteiger charge is -2.35. The largest absolute Gasteiger partial charge is 0.481 e. The first-order chi connectivity index (χ1) is 9.08. The molecule has 5 heteroatoms. The molecule has 112 valence electrons. The first-order valence-electron chi connectivity index (χ1n) is 6.82. The van der Waals surface area contributed by atoms with Gasteiger partial charge >= 0.3 is 0 Å². The predicted octanol–water partition coefficient (Wildman–Crippen LogP) is 2.00. The summed E-state index contributed by atoms with van der Waals surface area (Å²) in [5.41, 5.74) is 1.18. The number of ether oxygens (including phenoxy) is 1. The smallest absolute Gasteiger partial charge is 0.263 e. The number of amides is 1. The van der Waals surface area contributed by atoms with E-state index in [1.54, 1.807) is 0 Å². The maximum Gasteiger partial charge on any atom is 0.263 e. The van der Waals surface area contributed by atoms with Crippen molar-refractivity contribution >= 4 is 18.3 Å². The summed E-state index contributed by atoms with van der Waals surface area (Å²) in [5.74, 6) is 0.809. The Balaban J connectivity index is 0.00000200. The Labute approximate surface area is 126 Å². The molecular weight excluding hydrogens is 276 g/mol. The second-order valence-corrected chi connectivity index (χ2v) is 5.16. The van der Waals surface area contributed by atoms with Gasteiger partial charge in [0.2, 0.25) is 0 Å². The van der Waals surface area contributed by atoms with E-state index in [-0.39, 0.29) is 24.4 Å². The number of carbonyl (C=O) groups is 1. The molecule has 1 fully saturated rings. The van der Waals surface area contributed by atoms with E-state index in [2.05, 4.69) is 12.2 Å². The van der Waals surface area contributed by atoms with Crippen molar-refractivity contribution in [3.63, 3.8) is 0 Å². The third-order valence-electron chi connectivity index (χ3n) is 3.47. The van der Waals surface area contributed by atoms with Gasteiger partial charge in [-0.05, 0) is 32.9 Å². The standard InChI is InChI=1S/C15H22N2O2.ClH/c1-11-4-6-14(7-5-11)19-13(3)15(18)17-9-8-16-10-12(17)2;/h4-7,12-13,16H,8-10H2,1-3H3;1H/t12-,13?;/m0./s1. The SMILES string of the molecule is Cc1ccc(OC(C)C(=O)N2CCNC[C@@H]2C)cc1.Cl. The molecule has 1 aliphatic heterocycles. The Morgan fingerprint density at radius 3 is 2.65 bits per heavy atom. The Kier molecular flexibility index (Phi) is 6.30. The zero-order valence-electron chi connectivity index (χ0n) is 12.3. The van der Waals surface area contributed by atoms with Gasteiger partial charge < -0.3 is 15.0 Å². The molecule has 1 heterocycles. The minimum Gasteiger partial charge on any atom is -0.481 e. The molecule has 2 atom stereocenters. The number of hydrogen-bond donors (Lipinski definition) is 1. The number of hydrogen-bond acceptors (Lipinski definition) is 3. The fourth-order valence-corrected chi connectivity index (χ4v) is 2.27. The van der Waals surface area contributed by atoms with Crippen LogP contribution in [0.4, 0.5) is 0 Å². The van der Waals surface area contributed by atoms with Gasteiger partial charge in [-0.15, -0.1) is 12.4 Å². The average Bonchev–Trinajstić information content (AvgIpc) is 2.41. The van der Waals surface area contributed by atoms with Crippen molar-refractivity contribution in [1.82, 2.24) is 10.2 Å². The van der Waals surface area contributed by atoms with Crippen molar-refractivity contribution in [1.29, 1.82) is 0 Å². The lowest BCUT2D eigenvalue weighted by atomic mass is 10.2. The van der Waals surface area contributed by atoms with Crippen molar-refractivity contribution < 1.29 is 9.53 Å². The van der Waals surface area contributed by atoms with E-state index in [4.69, 9.17) is 4.74 Å². The Bertz CT molecular complexity index is 436. The zero-order valence-corrected chi connectivity index (χ0v) is 13.1. The van der Waals surface area contributed by atoms with Gasteiger partial charge in [-0.25, -0.2) is 0 Å². The summed E-state index contributed by atoms with van der Waals surface area (Å²) < 4.78 is 5.72. The number of halogens is 1. The number of nitrogens with zero attached hydrogens (tertiary/aromatic N) is 1. The van der Waals surface area contributed by atoms with Gasteiger partial charge in [-0.2, -0.15) is 0 Å². The molecule has 0 saturated carbocycles. The van der Waals surface area contributed by atoms with Gasteiger partial charge in [0.1, 0.15) is 5.75 Å². The first kappa shape index (κ1) is 16.8. The maximum atomic E-state index is 12.4. The van der Waals surface area contributed by atoms with E-state index in [1.807, 2.05) is 43.0 Å². The summed E-state index contributed by atoms with van der Waals surface area (Å²) in [6.07, 6.45) is -0.441. The normalized spacial score (nSPS) is 19.9. The molecule has 1 saturated heterocycles. The average molecular weight is 299 g/mol. The summed E-state index contributed by atoms with van der Waals surface area (Å²) in [6, 6.07) is 8.01. The highest BCUT2D eigenvalue weighted by Gasteiger charge is 2.27. The second-order valence-electron chi connectivity index (χ2n) is 5.16. The van der Waals surface area contributed by atoms with E-state index < -0.39 is 6.10 Å². The van der Waals surface area contributed by atoms with E-state index in [9.17, 15) is 4.79 Å². The van der Waals surface area contributed by atoms with Gasteiger partial charge in [-0.3, -0.25) is 4.79 Å². The molecule has 4 nitrogen and oxygen atoms in total. The monoisotopic (exact) mass is 298 g/mol. The molecule has 20 heavy (non-hydrogen) atoms.